The lowest BCUT2D eigenvalue weighted by molar-refractivity contribution is -0.000408. The second-order valence-corrected chi connectivity index (χ2v) is 13.2. The lowest BCUT2D eigenvalue weighted by Gasteiger charge is -2.54. The summed E-state index contributed by atoms with van der Waals surface area (Å²) in [6.45, 7) is 3.06. The van der Waals surface area contributed by atoms with Crippen molar-refractivity contribution in [3.8, 4) is 11.5 Å². The van der Waals surface area contributed by atoms with Gasteiger partial charge in [-0.25, -0.2) is 0 Å². The Morgan fingerprint density at radius 2 is 1.54 bits per heavy atom. The van der Waals surface area contributed by atoms with E-state index in [1.807, 2.05) is 35.6 Å². The first-order valence-corrected chi connectivity index (χ1v) is 15.3. The number of aromatic nitrogens is 1. The smallest absolute Gasteiger partial charge is 0.185 e. The van der Waals surface area contributed by atoms with Crippen LogP contribution in [0.4, 0.5) is 5.69 Å². The average molecular weight is 514 g/mol. The van der Waals surface area contributed by atoms with Crippen LogP contribution in [0.5, 0.6) is 11.5 Å². The van der Waals surface area contributed by atoms with Crippen molar-refractivity contribution in [2.45, 2.75) is 82.7 Å². The summed E-state index contributed by atoms with van der Waals surface area (Å²) in [7, 11) is 0. The van der Waals surface area contributed by atoms with Crippen molar-refractivity contribution in [3.05, 3.63) is 70.0 Å². The summed E-state index contributed by atoms with van der Waals surface area (Å²) in [6.07, 6.45) is 13.4. The molecule has 1 N–H and O–H groups in total. The Labute approximate surface area is 224 Å². The molecule has 0 radical (unpaired) electrons. The molecule has 5 heteroatoms. The maximum atomic E-state index is 5.96. The van der Waals surface area contributed by atoms with E-state index in [1.54, 1.807) is 0 Å². The molecule has 0 saturated heterocycles. The Morgan fingerprint density at radius 3 is 2.16 bits per heavy atom. The molecular formula is C32H39N3OS. The number of hydrogen-bond donors (Lipinski definition) is 1. The third-order valence-electron chi connectivity index (χ3n) is 9.12. The van der Waals surface area contributed by atoms with Crippen molar-refractivity contribution in [1.29, 1.82) is 0 Å². The van der Waals surface area contributed by atoms with Gasteiger partial charge in [0.2, 0.25) is 0 Å². The normalized spacial score (nSPS) is 28.6. The van der Waals surface area contributed by atoms with Gasteiger partial charge in [-0.1, -0.05) is 17.7 Å². The van der Waals surface area contributed by atoms with Gasteiger partial charge in [0.05, 0.1) is 5.54 Å². The van der Waals surface area contributed by atoms with E-state index >= 15 is 0 Å². The molecule has 0 spiro atoms. The van der Waals surface area contributed by atoms with Crippen LogP contribution in [0.15, 0.2) is 58.9 Å². The molecule has 1 aromatic heterocycles. The van der Waals surface area contributed by atoms with E-state index in [4.69, 9.17) is 9.73 Å². The van der Waals surface area contributed by atoms with Gasteiger partial charge in [-0.15, -0.1) is 11.3 Å². The zero-order valence-corrected chi connectivity index (χ0v) is 22.8. The van der Waals surface area contributed by atoms with Gasteiger partial charge >= 0.3 is 0 Å². The van der Waals surface area contributed by atoms with Crippen molar-refractivity contribution >= 4 is 17.0 Å². The summed E-state index contributed by atoms with van der Waals surface area (Å²) in [6, 6.07) is 17.2. The molecule has 0 atom stereocenters. The topological polar surface area (TPSA) is 38.5 Å². The van der Waals surface area contributed by atoms with E-state index in [0.717, 1.165) is 54.3 Å². The number of ether oxygens (including phenoxy) is 1. The first-order chi connectivity index (χ1) is 18.1. The average Bonchev–Trinajstić information content (AvgIpc) is 3.64. The molecule has 0 aliphatic heterocycles. The van der Waals surface area contributed by atoms with Crippen molar-refractivity contribution in [1.82, 2.24) is 4.57 Å². The first-order valence-electron chi connectivity index (χ1n) is 14.4. The van der Waals surface area contributed by atoms with Crippen LogP contribution in [0.25, 0.3) is 0 Å². The van der Waals surface area contributed by atoms with Crippen molar-refractivity contribution < 1.29 is 4.74 Å². The molecule has 5 aliphatic rings. The van der Waals surface area contributed by atoms with E-state index in [0.29, 0.717) is 6.04 Å². The summed E-state index contributed by atoms with van der Waals surface area (Å²) >= 11 is 1.91. The number of aryl methyl sites for hydroxylation is 2. The zero-order valence-electron chi connectivity index (χ0n) is 22.0. The molecule has 2 aromatic carbocycles. The maximum absolute atomic E-state index is 5.96. The summed E-state index contributed by atoms with van der Waals surface area (Å²) in [4.78, 5) is 6.93. The molecule has 3 aromatic rings. The van der Waals surface area contributed by atoms with Gasteiger partial charge in [-0.3, -0.25) is 4.99 Å². The van der Waals surface area contributed by atoms with Crippen LogP contribution in [-0.4, -0.2) is 16.7 Å². The highest BCUT2D eigenvalue weighted by molar-refractivity contribution is 7.07. The minimum Gasteiger partial charge on any atom is -0.457 e. The molecular weight excluding hydrogens is 474 g/mol. The highest BCUT2D eigenvalue weighted by Crippen LogP contribution is 2.57. The van der Waals surface area contributed by atoms with E-state index < -0.39 is 0 Å². The van der Waals surface area contributed by atoms with Crippen molar-refractivity contribution in [2.75, 3.05) is 11.9 Å². The minimum absolute atomic E-state index is 0.268. The summed E-state index contributed by atoms with van der Waals surface area (Å²) in [5.41, 5.74) is 4.16. The molecule has 1 heterocycles. The van der Waals surface area contributed by atoms with E-state index in [2.05, 4.69) is 46.5 Å². The molecule has 194 valence electrons. The minimum atomic E-state index is 0.268. The van der Waals surface area contributed by atoms with Crippen LogP contribution < -0.4 is 14.9 Å². The molecule has 4 bridgehead atoms. The van der Waals surface area contributed by atoms with E-state index in [-0.39, 0.29) is 5.54 Å². The number of benzene rings is 2. The molecule has 5 fully saturated rings. The monoisotopic (exact) mass is 513 g/mol. The van der Waals surface area contributed by atoms with Gasteiger partial charge in [0, 0.05) is 29.3 Å². The summed E-state index contributed by atoms with van der Waals surface area (Å²) in [5, 5.41) is 6.01. The van der Waals surface area contributed by atoms with Crippen LogP contribution in [-0.2, 0) is 6.42 Å². The van der Waals surface area contributed by atoms with E-state index in [1.165, 1.54) is 67.4 Å². The fourth-order valence-corrected chi connectivity index (χ4v) is 8.73. The van der Waals surface area contributed by atoms with Crippen LogP contribution >= 0.6 is 11.3 Å². The lowest BCUT2D eigenvalue weighted by Crippen LogP contribution is -2.50. The first kappa shape index (κ1) is 23.6. The quantitative estimate of drug-likeness (QED) is 0.295. The van der Waals surface area contributed by atoms with Crippen LogP contribution in [0.3, 0.4) is 0 Å². The Kier molecular flexibility index (Phi) is 6.15. The van der Waals surface area contributed by atoms with Gasteiger partial charge in [0.15, 0.2) is 4.80 Å². The molecule has 0 unspecified atom stereocenters. The Morgan fingerprint density at radius 1 is 0.919 bits per heavy atom. The number of hydrogen-bond acceptors (Lipinski definition) is 4. The predicted molar refractivity (Wildman–Crippen MR) is 152 cm³/mol. The fourth-order valence-electron chi connectivity index (χ4n) is 7.63. The number of nitrogens with zero attached hydrogens (tertiary/aromatic N) is 2. The molecule has 8 rings (SSSR count). The van der Waals surface area contributed by atoms with E-state index in [9.17, 15) is 0 Å². The van der Waals surface area contributed by atoms with Gasteiger partial charge in [0.1, 0.15) is 11.5 Å². The number of thiazole rings is 1. The Balaban J connectivity index is 0.970. The molecule has 4 nitrogen and oxygen atoms in total. The number of anilines is 1. The Hall–Kier alpha value is -2.53. The second kappa shape index (κ2) is 9.65. The van der Waals surface area contributed by atoms with Gasteiger partial charge in [0.25, 0.3) is 0 Å². The SMILES string of the molecule is Cc1ccc(Oc2ccc(NCCCc3csc(=NC45CC6CC(CC(C6)C4)C5)n3C3CC3)cc2)cc1. The van der Waals surface area contributed by atoms with Crippen LogP contribution in [0.2, 0.25) is 0 Å². The molecule has 37 heavy (non-hydrogen) atoms. The lowest BCUT2D eigenvalue weighted by atomic mass is 9.53. The van der Waals surface area contributed by atoms with Crippen molar-refractivity contribution in [3.63, 3.8) is 0 Å². The highest BCUT2D eigenvalue weighted by Gasteiger charge is 2.51. The molecule has 5 aliphatic carbocycles. The largest absolute Gasteiger partial charge is 0.457 e. The number of nitrogens with one attached hydrogen (secondary N) is 1. The predicted octanol–water partition coefficient (Wildman–Crippen LogP) is 7.90. The highest BCUT2D eigenvalue weighted by atomic mass is 32.1. The summed E-state index contributed by atoms with van der Waals surface area (Å²) < 4.78 is 8.60. The van der Waals surface area contributed by atoms with Gasteiger partial charge < -0.3 is 14.6 Å². The third kappa shape index (κ3) is 5.12. The van der Waals surface area contributed by atoms with Crippen LogP contribution in [0.1, 0.15) is 75.1 Å². The maximum Gasteiger partial charge on any atom is 0.185 e. The summed E-state index contributed by atoms with van der Waals surface area (Å²) in [5.74, 6) is 4.61. The van der Waals surface area contributed by atoms with Crippen LogP contribution in [0, 0.1) is 24.7 Å². The second-order valence-electron chi connectivity index (χ2n) is 12.3. The number of rotatable bonds is 9. The van der Waals surface area contributed by atoms with Gasteiger partial charge in [-0.2, -0.15) is 0 Å². The molecule has 0 amide bonds. The third-order valence-corrected chi connectivity index (χ3v) is 10.0. The van der Waals surface area contributed by atoms with Crippen molar-refractivity contribution in [2.24, 2.45) is 22.7 Å². The van der Waals surface area contributed by atoms with Gasteiger partial charge in [-0.05, 0) is 125 Å². The zero-order chi connectivity index (χ0) is 24.8. The fraction of sp³-hybridized carbons (Fsp3) is 0.531. The standard InChI is InChI=1S/C32H39N3OS/c1-22-4-10-29(11-5-22)36-30-12-6-26(7-13-30)33-14-2-3-28-21-37-31(35(28)27-8-9-27)34-32-18-23-15-24(19-32)17-25(16-23)20-32/h4-7,10-13,21,23-25,27,33H,2-3,8-9,14-20H2,1H3. The molecule has 5 saturated carbocycles. The Bertz CT molecular complexity index is 1260.